The third kappa shape index (κ3) is 2.88. The Bertz CT molecular complexity index is 761. The van der Waals surface area contributed by atoms with Crippen LogP contribution in [0.5, 0.6) is 0 Å². The van der Waals surface area contributed by atoms with Crippen LogP contribution in [-0.2, 0) is 4.74 Å². The van der Waals surface area contributed by atoms with E-state index in [-0.39, 0.29) is 30.2 Å². The van der Waals surface area contributed by atoms with Gasteiger partial charge in [-0.05, 0) is 48.9 Å². The van der Waals surface area contributed by atoms with E-state index in [2.05, 4.69) is 24.3 Å². The van der Waals surface area contributed by atoms with Gasteiger partial charge in [0.15, 0.2) is 0 Å². The second-order valence-corrected chi connectivity index (χ2v) is 7.53. The van der Waals surface area contributed by atoms with Gasteiger partial charge in [0.25, 0.3) is 0 Å². The van der Waals surface area contributed by atoms with Crippen LogP contribution in [0, 0.1) is 0 Å². The van der Waals surface area contributed by atoms with Crippen LogP contribution in [0.3, 0.4) is 0 Å². The highest BCUT2D eigenvalue weighted by Gasteiger charge is 2.35. The molecule has 26 heavy (non-hydrogen) atoms. The molecule has 4 rings (SSSR count). The molecule has 1 aliphatic carbocycles. The van der Waals surface area contributed by atoms with E-state index in [0.29, 0.717) is 19.4 Å². The van der Waals surface area contributed by atoms with Crippen molar-refractivity contribution in [1.82, 2.24) is 4.90 Å². The van der Waals surface area contributed by atoms with Crippen molar-refractivity contribution in [1.29, 1.82) is 0 Å². The average Bonchev–Trinajstić information content (AvgIpc) is 2.93. The highest BCUT2D eigenvalue weighted by molar-refractivity contribution is 5.79. The molecule has 1 fully saturated rings. The van der Waals surface area contributed by atoms with Gasteiger partial charge in [0.1, 0.15) is 6.61 Å². The fraction of sp³-hybridized carbons (Fsp3) is 0.409. The van der Waals surface area contributed by atoms with Crippen molar-refractivity contribution in [3.63, 3.8) is 0 Å². The number of hydrogen-bond donors (Lipinski definition) is 1. The molecule has 0 aromatic heterocycles. The standard InChI is InChI=1S/C22H25NO3/c1-14-11-16(24)12-15(2)23(14)22(25)26-13-21-19-9-5-3-7-17(19)18-8-4-6-10-20(18)21/h3-10,14-16,21,24H,11-13H2,1-2H3/t14-,15+,16?. The van der Waals surface area contributed by atoms with Gasteiger partial charge in [-0.15, -0.1) is 0 Å². The largest absolute Gasteiger partial charge is 0.448 e. The highest BCUT2D eigenvalue weighted by Crippen LogP contribution is 2.44. The minimum atomic E-state index is -0.336. The molecule has 4 nitrogen and oxygen atoms in total. The van der Waals surface area contributed by atoms with Crippen LogP contribution in [-0.4, -0.2) is 40.9 Å². The van der Waals surface area contributed by atoms with Gasteiger partial charge in [0, 0.05) is 18.0 Å². The number of aliphatic hydroxyl groups excluding tert-OH is 1. The fourth-order valence-electron chi connectivity index (χ4n) is 4.57. The van der Waals surface area contributed by atoms with Crippen molar-refractivity contribution in [2.45, 2.75) is 50.8 Å². The molecule has 2 aromatic carbocycles. The lowest BCUT2D eigenvalue weighted by molar-refractivity contribution is 0.00716. The Labute approximate surface area is 154 Å². The maximum Gasteiger partial charge on any atom is 0.410 e. The number of carbonyl (C=O) groups excluding carboxylic acids is 1. The van der Waals surface area contributed by atoms with E-state index in [9.17, 15) is 9.90 Å². The highest BCUT2D eigenvalue weighted by atomic mass is 16.6. The van der Waals surface area contributed by atoms with E-state index in [1.54, 1.807) is 4.90 Å². The van der Waals surface area contributed by atoms with Crippen molar-refractivity contribution in [2.24, 2.45) is 0 Å². The Hall–Kier alpha value is -2.33. The number of nitrogens with zero attached hydrogens (tertiary/aromatic N) is 1. The topological polar surface area (TPSA) is 49.8 Å². The van der Waals surface area contributed by atoms with Gasteiger partial charge in [0.2, 0.25) is 0 Å². The zero-order valence-electron chi connectivity index (χ0n) is 15.3. The van der Waals surface area contributed by atoms with Crippen LogP contribution in [0.15, 0.2) is 48.5 Å². The predicted molar refractivity (Wildman–Crippen MR) is 101 cm³/mol. The Kier molecular flexibility index (Phi) is 4.45. The van der Waals surface area contributed by atoms with E-state index in [0.717, 1.165) is 0 Å². The molecule has 0 spiro atoms. The molecule has 0 bridgehead atoms. The summed E-state index contributed by atoms with van der Waals surface area (Å²) in [6.45, 7) is 4.28. The average molecular weight is 351 g/mol. The number of benzene rings is 2. The summed E-state index contributed by atoms with van der Waals surface area (Å²) in [6, 6.07) is 16.7. The van der Waals surface area contributed by atoms with Crippen molar-refractivity contribution < 1.29 is 14.6 Å². The Morgan fingerprint density at radius 1 is 1.00 bits per heavy atom. The Morgan fingerprint density at radius 2 is 1.50 bits per heavy atom. The number of piperidine rings is 1. The van der Waals surface area contributed by atoms with Crippen LogP contribution in [0.25, 0.3) is 11.1 Å². The van der Waals surface area contributed by atoms with E-state index in [1.807, 2.05) is 38.1 Å². The summed E-state index contributed by atoms with van der Waals surface area (Å²) in [5, 5.41) is 9.89. The first-order valence-electron chi connectivity index (χ1n) is 9.37. The third-order valence-corrected chi connectivity index (χ3v) is 5.72. The molecule has 2 aliphatic rings. The number of carbonyl (C=O) groups is 1. The number of aliphatic hydroxyl groups is 1. The van der Waals surface area contributed by atoms with Gasteiger partial charge < -0.3 is 14.7 Å². The molecule has 1 saturated heterocycles. The molecule has 1 amide bonds. The van der Waals surface area contributed by atoms with Crippen LogP contribution >= 0.6 is 0 Å². The quantitative estimate of drug-likeness (QED) is 0.883. The summed E-state index contributed by atoms with van der Waals surface area (Å²) < 4.78 is 5.76. The van der Waals surface area contributed by atoms with E-state index in [4.69, 9.17) is 4.74 Å². The molecule has 1 aliphatic heterocycles. The molecule has 1 unspecified atom stereocenters. The normalized spacial score (nSPS) is 24.9. The van der Waals surface area contributed by atoms with Crippen LogP contribution in [0.4, 0.5) is 4.79 Å². The zero-order chi connectivity index (χ0) is 18.3. The maximum absolute atomic E-state index is 12.7. The first-order valence-corrected chi connectivity index (χ1v) is 9.37. The predicted octanol–water partition coefficient (Wildman–Crippen LogP) is 4.17. The van der Waals surface area contributed by atoms with Crippen LogP contribution in [0.1, 0.15) is 43.7 Å². The van der Waals surface area contributed by atoms with Gasteiger partial charge in [-0.3, -0.25) is 0 Å². The fourth-order valence-corrected chi connectivity index (χ4v) is 4.57. The summed E-state index contributed by atoms with van der Waals surface area (Å²) in [6.07, 6.45) is 0.597. The minimum absolute atomic E-state index is 0.00981. The number of rotatable bonds is 2. The van der Waals surface area contributed by atoms with E-state index in [1.165, 1.54) is 22.3 Å². The number of hydrogen-bond acceptors (Lipinski definition) is 3. The smallest absolute Gasteiger partial charge is 0.410 e. The van der Waals surface area contributed by atoms with Gasteiger partial charge >= 0.3 is 6.09 Å². The second kappa shape index (κ2) is 6.76. The molecule has 0 saturated carbocycles. The minimum Gasteiger partial charge on any atom is -0.448 e. The lowest BCUT2D eigenvalue weighted by atomic mass is 9.95. The Morgan fingerprint density at radius 3 is 2.04 bits per heavy atom. The number of likely N-dealkylation sites (tertiary alicyclic amines) is 1. The Balaban J connectivity index is 1.52. The first-order chi connectivity index (χ1) is 12.6. The summed E-state index contributed by atoms with van der Waals surface area (Å²) in [5.74, 6) is 0.0762. The molecule has 3 atom stereocenters. The molecular formula is C22H25NO3. The van der Waals surface area contributed by atoms with E-state index < -0.39 is 0 Å². The van der Waals surface area contributed by atoms with E-state index >= 15 is 0 Å². The summed E-state index contributed by atoms with van der Waals surface area (Å²) in [7, 11) is 0. The van der Waals surface area contributed by atoms with Crippen molar-refractivity contribution in [3.05, 3.63) is 59.7 Å². The molecular weight excluding hydrogens is 326 g/mol. The van der Waals surface area contributed by atoms with Crippen molar-refractivity contribution in [3.8, 4) is 11.1 Å². The third-order valence-electron chi connectivity index (χ3n) is 5.72. The molecule has 4 heteroatoms. The maximum atomic E-state index is 12.7. The molecule has 0 radical (unpaired) electrons. The molecule has 2 aromatic rings. The summed E-state index contributed by atoms with van der Waals surface area (Å²) >= 11 is 0. The van der Waals surface area contributed by atoms with Crippen molar-refractivity contribution >= 4 is 6.09 Å². The second-order valence-electron chi connectivity index (χ2n) is 7.53. The van der Waals surface area contributed by atoms with Gasteiger partial charge in [-0.1, -0.05) is 48.5 Å². The molecule has 136 valence electrons. The van der Waals surface area contributed by atoms with Crippen LogP contribution < -0.4 is 0 Å². The van der Waals surface area contributed by atoms with Crippen LogP contribution in [0.2, 0.25) is 0 Å². The van der Waals surface area contributed by atoms with Gasteiger partial charge in [-0.25, -0.2) is 4.79 Å². The zero-order valence-corrected chi connectivity index (χ0v) is 15.3. The summed E-state index contributed by atoms with van der Waals surface area (Å²) in [4.78, 5) is 14.5. The number of amides is 1. The van der Waals surface area contributed by atoms with Gasteiger partial charge in [-0.2, -0.15) is 0 Å². The molecule has 1 N–H and O–H groups in total. The monoisotopic (exact) mass is 351 g/mol. The lowest BCUT2D eigenvalue weighted by Gasteiger charge is -2.40. The number of ether oxygens (including phenoxy) is 1. The number of fused-ring (bicyclic) bond motifs is 3. The lowest BCUT2D eigenvalue weighted by Crippen LogP contribution is -2.51. The molecule has 1 heterocycles. The van der Waals surface area contributed by atoms with Crippen molar-refractivity contribution in [2.75, 3.05) is 6.61 Å². The SMILES string of the molecule is C[C@@H]1CC(O)C[C@H](C)N1C(=O)OCC1c2ccccc2-c2ccccc21. The summed E-state index contributed by atoms with van der Waals surface area (Å²) in [5.41, 5.74) is 4.90. The van der Waals surface area contributed by atoms with Gasteiger partial charge in [0.05, 0.1) is 6.10 Å². The first kappa shape index (κ1) is 17.1.